The molecule has 0 N–H and O–H groups in total. The molecule has 6 aromatic carbocycles. The lowest BCUT2D eigenvalue weighted by Crippen LogP contribution is -2.58. The van der Waals surface area contributed by atoms with E-state index in [1.165, 1.54) is 0 Å². The van der Waals surface area contributed by atoms with E-state index in [1.54, 1.807) is 11.1 Å². The molecule has 50 heavy (non-hydrogen) atoms. The smallest absolute Gasteiger partial charge is 0.334 e. The largest absolute Gasteiger partial charge is 0.481 e. The number of esters is 1. The van der Waals surface area contributed by atoms with E-state index in [-0.39, 0.29) is 18.6 Å². The first-order valence-corrected chi connectivity index (χ1v) is 16.7. The molecule has 1 unspecified atom stereocenters. The second kappa shape index (κ2) is 15.3. The van der Waals surface area contributed by atoms with E-state index < -0.39 is 24.2 Å². The molecule has 2 atom stereocenters. The lowest BCUT2D eigenvalue weighted by molar-refractivity contribution is -0.164. The van der Waals surface area contributed by atoms with Gasteiger partial charge in [-0.2, -0.15) is 0 Å². The number of aliphatic imine (C=N–C) groups is 1. The Balaban J connectivity index is 1.18. The Morgan fingerprint density at radius 1 is 0.580 bits per heavy atom. The Kier molecular flexibility index (Phi) is 9.88. The highest BCUT2D eigenvalue weighted by Gasteiger charge is 2.45. The summed E-state index contributed by atoms with van der Waals surface area (Å²) in [6.45, 7) is 0.283. The topological polar surface area (TPSA) is 68.2 Å². The molecule has 0 spiro atoms. The summed E-state index contributed by atoms with van der Waals surface area (Å²) >= 11 is 0. The maximum atomic E-state index is 14.3. The molecule has 0 saturated carbocycles. The number of carbonyl (C=O) groups is 2. The SMILES string of the molecule is O=C(OC(c1ccccc1)c1ccccc1)C(c1ccc(OC(c2ccccc2)c2ccccc2)cc1)N1C[C@H](/N=C/c2ccccc2)C1=O. The summed E-state index contributed by atoms with van der Waals surface area (Å²) in [5.41, 5.74) is 5.24. The lowest BCUT2D eigenvalue weighted by Gasteiger charge is -2.41. The molecule has 0 bridgehead atoms. The van der Waals surface area contributed by atoms with Crippen molar-refractivity contribution in [1.29, 1.82) is 0 Å². The number of hydrogen-bond donors (Lipinski definition) is 0. The highest BCUT2D eigenvalue weighted by molar-refractivity contribution is 5.95. The molecule has 1 heterocycles. The summed E-state index contributed by atoms with van der Waals surface area (Å²) < 4.78 is 12.9. The first-order valence-electron chi connectivity index (χ1n) is 16.7. The van der Waals surface area contributed by atoms with Crippen LogP contribution in [0.2, 0.25) is 0 Å². The third-order valence-electron chi connectivity index (χ3n) is 8.77. The predicted octanol–water partition coefficient (Wildman–Crippen LogP) is 8.56. The molecule has 6 aromatic rings. The monoisotopic (exact) mass is 656 g/mol. The number of nitrogens with zero attached hydrogens (tertiary/aromatic N) is 2. The van der Waals surface area contributed by atoms with Crippen LogP contribution in [0.5, 0.6) is 5.75 Å². The molecule has 1 fully saturated rings. The number of amides is 1. The van der Waals surface area contributed by atoms with E-state index in [2.05, 4.69) is 4.99 Å². The Hall–Kier alpha value is -6.27. The first kappa shape index (κ1) is 32.3. The van der Waals surface area contributed by atoms with E-state index in [4.69, 9.17) is 9.47 Å². The van der Waals surface area contributed by atoms with Gasteiger partial charge < -0.3 is 14.4 Å². The summed E-state index contributed by atoms with van der Waals surface area (Å²) in [5.74, 6) is -0.129. The van der Waals surface area contributed by atoms with Gasteiger partial charge in [0.25, 0.3) is 0 Å². The molecule has 7 rings (SSSR count). The molecule has 1 saturated heterocycles. The van der Waals surface area contributed by atoms with Crippen molar-refractivity contribution in [2.45, 2.75) is 24.3 Å². The highest BCUT2D eigenvalue weighted by atomic mass is 16.5. The number of hydrogen-bond acceptors (Lipinski definition) is 5. The van der Waals surface area contributed by atoms with E-state index in [0.29, 0.717) is 11.3 Å². The average molecular weight is 657 g/mol. The quantitative estimate of drug-likeness (QED) is 0.0752. The van der Waals surface area contributed by atoms with Gasteiger partial charge in [-0.25, -0.2) is 4.79 Å². The van der Waals surface area contributed by atoms with Crippen molar-refractivity contribution >= 4 is 18.1 Å². The van der Waals surface area contributed by atoms with Crippen LogP contribution in [0.25, 0.3) is 0 Å². The predicted molar refractivity (Wildman–Crippen MR) is 195 cm³/mol. The average Bonchev–Trinajstić information content (AvgIpc) is 3.19. The summed E-state index contributed by atoms with van der Waals surface area (Å²) in [6.07, 6.45) is 0.716. The minimum absolute atomic E-state index is 0.233. The van der Waals surface area contributed by atoms with Gasteiger partial charge in [0.15, 0.2) is 12.1 Å². The molecule has 1 aliphatic rings. The van der Waals surface area contributed by atoms with Gasteiger partial charge in [0.05, 0.1) is 6.54 Å². The normalized spacial score (nSPS) is 14.8. The molecule has 1 aliphatic heterocycles. The summed E-state index contributed by atoms with van der Waals surface area (Å²) in [6, 6.07) is 54.8. The number of benzene rings is 6. The molecule has 0 aromatic heterocycles. The van der Waals surface area contributed by atoms with Crippen molar-refractivity contribution in [3.63, 3.8) is 0 Å². The molecule has 6 nitrogen and oxygen atoms in total. The van der Waals surface area contributed by atoms with E-state index in [0.717, 1.165) is 27.8 Å². The van der Waals surface area contributed by atoms with Gasteiger partial charge in [-0.1, -0.05) is 164 Å². The molecule has 1 amide bonds. The summed E-state index contributed by atoms with van der Waals surface area (Å²) in [4.78, 5) is 34.0. The van der Waals surface area contributed by atoms with Gasteiger partial charge in [0.1, 0.15) is 17.9 Å². The fraction of sp³-hybridized carbons (Fsp3) is 0.114. The second-order valence-corrected chi connectivity index (χ2v) is 12.1. The third kappa shape index (κ3) is 7.40. The van der Waals surface area contributed by atoms with Crippen LogP contribution in [-0.4, -0.2) is 35.6 Å². The lowest BCUT2D eigenvalue weighted by atomic mass is 9.97. The van der Waals surface area contributed by atoms with Gasteiger partial charge in [0, 0.05) is 6.21 Å². The number of β-lactam (4-membered cyclic amide) rings is 1. The van der Waals surface area contributed by atoms with Gasteiger partial charge in [-0.3, -0.25) is 9.79 Å². The Morgan fingerprint density at radius 3 is 1.48 bits per heavy atom. The molecule has 0 radical (unpaired) electrons. The van der Waals surface area contributed by atoms with Crippen molar-refractivity contribution in [1.82, 2.24) is 4.90 Å². The fourth-order valence-electron chi connectivity index (χ4n) is 6.15. The molecule has 6 heteroatoms. The van der Waals surface area contributed by atoms with Crippen LogP contribution in [0.1, 0.15) is 51.6 Å². The van der Waals surface area contributed by atoms with Crippen LogP contribution in [0.4, 0.5) is 0 Å². The number of carbonyl (C=O) groups excluding carboxylic acids is 2. The zero-order valence-electron chi connectivity index (χ0n) is 27.4. The van der Waals surface area contributed by atoms with E-state index in [9.17, 15) is 9.59 Å². The number of likely N-dealkylation sites (tertiary alicyclic amines) is 1. The van der Waals surface area contributed by atoms with Crippen LogP contribution in [0, 0.1) is 0 Å². The first-order chi connectivity index (χ1) is 24.6. The van der Waals surface area contributed by atoms with Crippen molar-refractivity contribution < 1.29 is 19.1 Å². The maximum absolute atomic E-state index is 14.3. The second-order valence-electron chi connectivity index (χ2n) is 12.1. The van der Waals surface area contributed by atoms with Crippen molar-refractivity contribution in [3.8, 4) is 5.75 Å². The molecular formula is C44H36N2O4. The van der Waals surface area contributed by atoms with Crippen LogP contribution < -0.4 is 4.74 Å². The van der Waals surface area contributed by atoms with Crippen LogP contribution in [0.15, 0.2) is 181 Å². The van der Waals surface area contributed by atoms with Crippen LogP contribution >= 0.6 is 0 Å². The van der Waals surface area contributed by atoms with Gasteiger partial charge in [0.2, 0.25) is 5.91 Å². The minimum Gasteiger partial charge on any atom is -0.481 e. The van der Waals surface area contributed by atoms with Gasteiger partial charge >= 0.3 is 5.97 Å². The Morgan fingerprint density at radius 2 is 1.02 bits per heavy atom. The Labute approximate surface area is 292 Å². The number of ether oxygens (including phenoxy) is 2. The van der Waals surface area contributed by atoms with Crippen molar-refractivity contribution in [3.05, 3.63) is 209 Å². The standard InChI is InChI=1S/C44H36N2O4/c47-43-39(45-30-32-16-6-1-7-17-32)31-46(43)40(44(48)50-42(36-22-12-4-13-23-36)37-24-14-5-15-25-37)33-26-28-38(29-27-33)49-41(34-18-8-2-9-19-34)35-20-10-3-11-21-35/h1-30,39-42H,31H2/b45-30+/t39-,40?/m0/s1. The minimum atomic E-state index is -0.978. The zero-order chi connectivity index (χ0) is 34.1. The number of rotatable bonds is 12. The molecular weight excluding hydrogens is 620 g/mol. The molecule has 0 aliphatic carbocycles. The van der Waals surface area contributed by atoms with E-state index in [1.807, 2.05) is 176 Å². The zero-order valence-corrected chi connectivity index (χ0v) is 27.4. The van der Waals surface area contributed by atoms with Crippen LogP contribution in [-0.2, 0) is 14.3 Å². The fourth-order valence-corrected chi connectivity index (χ4v) is 6.15. The summed E-state index contributed by atoms with van der Waals surface area (Å²) in [5, 5.41) is 0. The van der Waals surface area contributed by atoms with Crippen LogP contribution in [0.3, 0.4) is 0 Å². The molecule has 246 valence electrons. The maximum Gasteiger partial charge on any atom is 0.334 e. The van der Waals surface area contributed by atoms with Crippen molar-refractivity contribution in [2.24, 2.45) is 4.99 Å². The summed E-state index contributed by atoms with van der Waals surface area (Å²) in [7, 11) is 0. The van der Waals surface area contributed by atoms with E-state index >= 15 is 0 Å². The van der Waals surface area contributed by atoms with Gasteiger partial charge in [-0.15, -0.1) is 0 Å². The van der Waals surface area contributed by atoms with Gasteiger partial charge in [-0.05, 0) is 45.5 Å². The Bertz CT molecular complexity index is 1940. The highest BCUT2D eigenvalue weighted by Crippen LogP contribution is 2.35. The van der Waals surface area contributed by atoms with Crippen molar-refractivity contribution in [2.75, 3.05) is 6.54 Å². The third-order valence-corrected chi connectivity index (χ3v) is 8.77.